The Kier molecular flexibility index (Phi) is 5.44. The molecule has 1 saturated carbocycles. The molecular weight excluding hydrogens is 352 g/mol. The number of amides is 2. The van der Waals surface area contributed by atoms with Gasteiger partial charge in [-0.2, -0.15) is 0 Å². The zero-order valence-electron chi connectivity index (χ0n) is 16.2. The molecule has 5 nitrogen and oxygen atoms in total. The Morgan fingerprint density at radius 2 is 1.86 bits per heavy atom. The van der Waals surface area contributed by atoms with Crippen LogP contribution in [0.4, 0.5) is 11.4 Å². The van der Waals surface area contributed by atoms with Crippen LogP contribution in [0.25, 0.3) is 0 Å². The number of morpholine rings is 1. The van der Waals surface area contributed by atoms with Crippen LogP contribution in [0.2, 0.25) is 0 Å². The predicted octanol–water partition coefficient (Wildman–Crippen LogP) is 3.88. The van der Waals surface area contributed by atoms with Crippen molar-refractivity contribution in [3.63, 3.8) is 0 Å². The van der Waals surface area contributed by atoms with Gasteiger partial charge < -0.3 is 15.0 Å². The highest BCUT2D eigenvalue weighted by Gasteiger charge is 2.33. The molecule has 2 fully saturated rings. The van der Waals surface area contributed by atoms with Crippen LogP contribution in [0, 0.1) is 12.8 Å². The third-order valence-electron chi connectivity index (χ3n) is 5.55. The number of nitrogens with one attached hydrogen (secondary N) is 1. The number of carbonyl (C=O) groups is 2. The Hall–Kier alpha value is -2.66. The van der Waals surface area contributed by atoms with Gasteiger partial charge in [0, 0.05) is 24.3 Å². The number of ether oxygens (including phenoxy) is 1. The number of nitrogens with zero attached hydrogens (tertiary/aromatic N) is 1. The standard InChI is InChI=1S/C23H26N2O3/c1-16-2-4-17(5-3-16)21(18-6-7-18)14-22(26)24-19-8-10-20(11-9-19)25-12-13-28-15-23(25)27/h2-5,8-11,18,21H,6-7,12-15H2,1H3,(H,24,26). The van der Waals surface area contributed by atoms with Crippen molar-refractivity contribution in [2.45, 2.75) is 32.1 Å². The second kappa shape index (κ2) is 8.15. The summed E-state index contributed by atoms with van der Waals surface area (Å²) in [5.74, 6) is 0.898. The SMILES string of the molecule is Cc1ccc(C(CC(=O)Nc2ccc(N3CCOCC3=O)cc2)C2CC2)cc1. The van der Waals surface area contributed by atoms with Gasteiger partial charge in [-0.3, -0.25) is 9.59 Å². The maximum absolute atomic E-state index is 12.6. The first-order valence-corrected chi connectivity index (χ1v) is 9.95. The van der Waals surface area contributed by atoms with E-state index in [0.717, 1.165) is 11.4 Å². The Balaban J connectivity index is 1.38. The van der Waals surface area contributed by atoms with E-state index in [1.165, 1.54) is 24.0 Å². The van der Waals surface area contributed by atoms with Gasteiger partial charge in [0.05, 0.1) is 6.61 Å². The summed E-state index contributed by atoms with van der Waals surface area (Å²) in [6.45, 7) is 3.31. The molecule has 1 atom stereocenters. The smallest absolute Gasteiger partial charge is 0.253 e. The maximum atomic E-state index is 12.6. The number of anilines is 2. The van der Waals surface area contributed by atoms with E-state index in [4.69, 9.17) is 4.74 Å². The second-order valence-electron chi connectivity index (χ2n) is 7.75. The van der Waals surface area contributed by atoms with Gasteiger partial charge in [0.15, 0.2) is 0 Å². The monoisotopic (exact) mass is 378 g/mol. The lowest BCUT2D eigenvalue weighted by Gasteiger charge is -2.27. The highest BCUT2D eigenvalue weighted by Crippen LogP contribution is 2.44. The van der Waals surface area contributed by atoms with Gasteiger partial charge in [-0.1, -0.05) is 29.8 Å². The highest BCUT2D eigenvalue weighted by atomic mass is 16.5. The van der Waals surface area contributed by atoms with Crippen LogP contribution in [0.1, 0.15) is 36.3 Å². The number of carbonyl (C=O) groups excluding carboxylic acids is 2. The Morgan fingerprint density at radius 3 is 2.50 bits per heavy atom. The van der Waals surface area contributed by atoms with E-state index in [1.807, 2.05) is 24.3 Å². The van der Waals surface area contributed by atoms with E-state index in [1.54, 1.807) is 4.90 Å². The molecule has 0 spiro atoms. The molecule has 1 unspecified atom stereocenters. The average Bonchev–Trinajstić information content (AvgIpc) is 3.53. The number of hydrogen-bond donors (Lipinski definition) is 1. The molecule has 2 aromatic rings. The van der Waals surface area contributed by atoms with Crippen molar-refractivity contribution in [2.75, 3.05) is 30.0 Å². The summed E-state index contributed by atoms with van der Waals surface area (Å²) in [6, 6.07) is 16.0. The van der Waals surface area contributed by atoms with E-state index >= 15 is 0 Å². The molecule has 1 heterocycles. The molecule has 1 saturated heterocycles. The van der Waals surface area contributed by atoms with Crippen molar-refractivity contribution in [3.05, 3.63) is 59.7 Å². The van der Waals surface area contributed by atoms with Gasteiger partial charge in [-0.15, -0.1) is 0 Å². The molecule has 2 amide bonds. The fraction of sp³-hybridized carbons (Fsp3) is 0.391. The molecule has 4 rings (SSSR count). The highest BCUT2D eigenvalue weighted by molar-refractivity contribution is 5.95. The minimum absolute atomic E-state index is 0.0339. The van der Waals surface area contributed by atoms with Gasteiger partial charge >= 0.3 is 0 Å². The minimum Gasteiger partial charge on any atom is -0.370 e. The summed E-state index contributed by atoms with van der Waals surface area (Å²) in [7, 11) is 0. The van der Waals surface area contributed by atoms with E-state index in [0.29, 0.717) is 25.5 Å². The summed E-state index contributed by atoms with van der Waals surface area (Å²) in [5.41, 5.74) is 4.08. The van der Waals surface area contributed by atoms with Crippen molar-refractivity contribution in [1.82, 2.24) is 0 Å². The summed E-state index contributed by atoms with van der Waals surface area (Å²) < 4.78 is 5.17. The topological polar surface area (TPSA) is 58.6 Å². The van der Waals surface area contributed by atoms with Gasteiger partial charge in [-0.05, 0) is 61.4 Å². The molecule has 1 aliphatic heterocycles. The lowest BCUT2D eigenvalue weighted by atomic mass is 9.90. The molecule has 28 heavy (non-hydrogen) atoms. The summed E-state index contributed by atoms with van der Waals surface area (Å²) >= 11 is 0. The molecule has 5 heteroatoms. The van der Waals surface area contributed by atoms with Crippen LogP contribution >= 0.6 is 0 Å². The van der Waals surface area contributed by atoms with Gasteiger partial charge in [-0.25, -0.2) is 0 Å². The number of hydrogen-bond acceptors (Lipinski definition) is 3. The summed E-state index contributed by atoms with van der Waals surface area (Å²) in [4.78, 5) is 26.3. The largest absolute Gasteiger partial charge is 0.370 e. The first kappa shape index (κ1) is 18.7. The average molecular weight is 378 g/mol. The van der Waals surface area contributed by atoms with E-state index in [9.17, 15) is 9.59 Å². The van der Waals surface area contributed by atoms with Crippen molar-refractivity contribution in [3.8, 4) is 0 Å². The van der Waals surface area contributed by atoms with Crippen molar-refractivity contribution in [2.24, 2.45) is 5.92 Å². The van der Waals surface area contributed by atoms with E-state index < -0.39 is 0 Å². The normalized spacial score (nSPS) is 18.0. The number of rotatable bonds is 6. The number of benzene rings is 2. The zero-order chi connectivity index (χ0) is 19.5. The quantitative estimate of drug-likeness (QED) is 0.830. The first-order chi connectivity index (χ1) is 13.6. The Morgan fingerprint density at radius 1 is 1.14 bits per heavy atom. The summed E-state index contributed by atoms with van der Waals surface area (Å²) in [5, 5.41) is 3.01. The van der Waals surface area contributed by atoms with Crippen molar-refractivity contribution >= 4 is 23.2 Å². The van der Waals surface area contributed by atoms with Gasteiger partial charge in [0.25, 0.3) is 5.91 Å². The fourth-order valence-corrected chi connectivity index (χ4v) is 3.80. The molecule has 146 valence electrons. The lowest BCUT2D eigenvalue weighted by Crippen LogP contribution is -2.41. The molecule has 1 aliphatic carbocycles. The van der Waals surface area contributed by atoms with Crippen molar-refractivity contribution in [1.29, 1.82) is 0 Å². The molecule has 1 N–H and O–H groups in total. The van der Waals surface area contributed by atoms with Crippen LogP contribution in [0.15, 0.2) is 48.5 Å². The van der Waals surface area contributed by atoms with Crippen LogP contribution in [-0.4, -0.2) is 31.6 Å². The second-order valence-corrected chi connectivity index (χ2v) is 7.75. The molecule has 0 aromatic heterocycles. The molecule has 2 aromatic carbocycles. The Labute approximate surface area is 165 Å². The fourth-order valence-electron chi connectivity index (χ4n) is 3.80. The predicted molar refractivity (Wildman–Crippen MR) is 110 cm³/mol. The van der Waals surface area contributed by atoms with Crippen LogP contribution in [0.5, 0.6) is 0 Å². The third kappa shape index (κ3) is 4.42. The number of aryl methyl sites for hydroxylation is 1. The van der Waals surface area contributed by atoms with Crippen LogP contribution < -0.4 is 10.2 Å². The molecule has 0 radical (unpaired) electrons. The maximum Gasteiger partial charge on any atom is 0.253 e. The van der Waals surface area contributed by atoms with Gasteiger partial charge in [0.2, 0.25) is 5.91 Å². The lowest BCUT2D eigenvalue weighted by molar-refractivity contribution is -0.125. The summed E-state index contributed by atoms with van der Waals surface area (Å²) in [6.07, 6.45) is 2.90. The van der Waals surface area contributed by atoms with Crippen molar-refractivity contribution < 1.29 is 14.3 Å². The van der Waals surface area contributed by atoms with Gasteiger partial charge in [0.1, 0.15) is 6.61 Å². The zero-order valence-corrected chi connectivity index (χ0v) is 16.2. The third-order valence-corrected chi connectivity index (χ3v) is 5.55. The molecular formula is C23H26N2O3. The minimum atomic E-state index is -0.0339. The first-order valence-electron chi connectivity index (χ1n) is 9.95. The molecule has 2 aliphatic rings. The van der Waals surface area contributed by atoms with Crippen LogP contribution in [0.3, 0.4) is 0 Å². The Bertz CT molecular complexity index is 841. The van der Waals surface area contributed by atoms with E-state index in [2.05, 4.69) is 36.5 Å². The molecule has 0 bridgehead atoms. The van der Waals surface area contributed by atoms with Crippen LogP contribution in [-0.2, 0) is 14.3 Å². The van der Waals surface area contributed by atoms with E-state index in [-0.39, 0.29) is 24.3 Å².